The van der Waals surface area contributed by atoms with Gasteiger partial charge in [0.05, 0.1) is 16.0 Å². The Labute approximate surface area is 141 Å². The van der Waals surface area contributed by atoms with Crippen LogP contribution in [0.1, 0.15) is 5.56 Å². The molecule has 0 atom stereocenters. The molecule has 2 heterocycles. The zero-order chi connectivity index (χ0) is 17.6. The summed E-state index contributed by atoms with van der Waals surface area (Å²) in [5.41, 5.74) is 1.23. The van der Waals surface area contributed by atoms with Gasteiger partial charge in [-0.3, -0.25) is 25.0 Å². The number of non-ortho nitro benzene ring substituents is 1. The molecule has 0 saturated carbocycles. The van der Waals surface area contributed by atoms with Crippen LogP contribution >= 0.6 is 0 Å². The fourth-order valence-electron chi connectivity index (χ4n) is 3.00. The molecule has 25 heavy (non-hydrogen) atoms. The van der Waals surface area contributed by atoms with E-state index in [0.717, 1.165) is 10.9 Å². The first-order valence-corrected chi connectivity index (χ1v) is 7.47. The molecular weight excluding hydrogens is 322 g/mol. The number of nitro groups is 1. The van der Waals surface area contributed by atoms with Gasteiger partial charge in [-0.05, 0) is 23.1 Å². The molecule has 0 radical (unpaired) electrons. The normalized spacial score (nSPS) is 14.2. The fourth-order valence-corrected chi connectivity index (χ4v) is 3.00. The van der Waals surface area contributed by atoms with Crippen molar-refractivity contribution in [3.05, 3.63) is 76.5 Å². The molecule has 7 nitrogen and oxygen atoms in total. The summed E-state index contributed by atoms with van der Waals surface area (Å²) < 4.78 is 1.63. The topological polar surface area (TPSA) is 94.2 Å². The highest BCUT2D eigenvalue weighted by Gasteiger charge is 2.33. The van der Waals surface area contributed by atoms with Crippen LogP contribution in [0.4, 0.5) is 5.69 Å². The number of hydrogen-bond acceptors (Lipinski definition) is 4. The molecule has 0 unspecified atom stereocenters. The molecule has 1 aliphatic rings. The molecule has 1 aliphatic heterocycles. The van der Waals surface area contributed by atoms with Crippen molar-refractivity contribution in [3.63, 3.8) is 0 Å². The van der Waals surface area contributed by atoms with Gasteiger partial charge in [0.1, 0.15) is 5.70 Å². The van der Waals surface area contributed by atoms with Gasteiger partial charge in [-0.2, -0.15) is 0 Å². The SMILES string of the molecule is O=C1NC(=O)C(n2ccc3ccccc32)=C1c1cccc([N+](=O)[O-])c1. The lowest BCUT2D eigenvalue weighted by atomic mass is 10.0. The molecule has 2 aromatic carbocycles. The molecule has 0 saturated heterocycles. The molecule has 2 amide bonds. The number of imide groups is 1. The second kappa shape index (κ2) is 5.41. The van der Waals surface area contributed by atoms with E-state index in [1.807, 2.05) is 30.3 Å². The maximum Gasteiger partial charge on any atom is 0.275 e. The number of para-hydroxylation sites is 1. The van der Waals surface area contributed by atoms with Gasteiger partial charge in [-0.15, -0.1) is 0 Å². The first kappa shape index (κ1) is 14.8. The zero-order valence-electron chi connectivity index (χ0n) is 12.8. The van der Waals surface area contributed by atoms with Crippen molar-refractivity contribution in [3.8, 4) is 0 Å². The lowest BCUT2D eigenvalue weighted by molar-refractivity contribution is -0.384. The Morgan fingerprint density at radius 3 is 2.56 bits per heavy atom. The van der Waals surface area contributed by atoms with Crippen molar-refractivity contribution in [2.45, 2.75) is 0 Å². The van der Waals surface area contributed by atoms with E-state index in [1.54, 1.807) is 16.8 Å². The summed E-state index contributed by atoms with van der Waals surface area (Å²) in [6.07, 6.45) is 1.70. The molecule has 7 heteroatoms. The molecule has 0 aliphatic carbocycles. The Kier molecular flexibility index (Phi) is 3.21. The number of rotatable bonds is 3. The molecule has 1 N–H and O–H groups in total. The summed E-state index contributed by atoms with van der Waals surface area (Å²) in [4.78, 5) is 35.2. The van der Waals surface area contributed by atoms with Gasteiger partial charge in [0.25, 0.3) is 17.5 Å². The van der Waals surface area contributed by atoms with E-state index in [1.165, 1.54) is 18.2 Å². The van der Waals surface area contributed by atoms with Gasteiger partial charge in [0.2, 0.25) is 0 Å². The van der Waals surface area contributed by atoms with Crippen molar-refractivity contribution in [1.82, 2.24) is 9.88 Å². The smallest absolute Gasteiger partial charge is 0.275 e. The molecule has 0 bridgehead atoms. The van der Waals surface area contributed by atoms with Crippen LogP contribution in [0.5, 0.6) is 0 Å². The third-order valence-electron chi connectivity index (χ3n) is 4.09. The highest BCUT2D eigenvalue weighted by Crippen LogP contribution is 2.31. The highest BCUT2D eigenvalue weighted by atomic mass is 16.6. The van der Waals surface area contributed by atoms with Crippen molar-refractivity contribution < 1.29 is 14.5 Å². The van der Waals surface area contributed by atoms with E-state index in [0.29, 0.717) is 5.56 Å². The van der Waals surface area contributed by atoms with Crippen LogP contribution in [-0.4, -0.2) is 21.3 Å². The Morgan fingerprint density at radius 2 is 1.76 bits per heavy atom. The molecular formula is C18H11N3O4. The summed E-state index contributed by atoms with van der Waals surface area (Å²) in [5.74, 6) is -1.11. The average Bonchev–Trinajstić information content (AvgIpc) is 3.15. The molecule has 4 rings (SSSR count). The predicted molar refractivity (Wildman–Crippen MR) is 91.3 cm³/mol. The number of nitrogens with one attached hydrogen (secondary N) is 1. The standard InChI is InChI=1S/C18H11N3O4/c22-17-15(12-5-3-6-13(10-12)21(24)25)16(18(23)19-17)20-9-8-11-4-1-2-7-14(11)20/h1-10H,(H,19,22,23). The van der Waals surface area contributed by atoms with Crippen LogP contribution in [-0.2, 0) is 9.59 Å². The van der Waals surface area contributed by atoms with E-state index in [-0.39, 0.29) is 17.0 Å². The Balaban J connectivity index is 1.99. The van der Waals surface area contributed by atoms with Gasteiger partial charge in [0.15, 0.2) is 0 Å². The Morgan fingerprint density at radius 1 is 0.960 bits per heavy atom. The van der Waals surface area contributed by atoms with Crippen LogP contribution in [0.25, 0.3) is 22.2 Å². The van der Waals surface area contributed by atoms with Crippen molar-refractivity contribution in [2.24, 2.45) is 0 Å². The highest BCUT2D eigenvalue weighted by molar-refractivity contribution is 6.46. The molecule has 3 aromatic rings. The average molecular weight is 333 g/mol. The minimum absolute atomic E-state index is 0.120. The van der Waals surface area contributed by atoms with E-state index < -0.39 is 16.7 Å². The molecule has 0 spiro atoms. The van der Waals surface area contributed by atoms with Gasteiger partial charge < -0.3 is 4.57 Å². The summed E-state index contributed by atoms with van der Waals surface area (Å²) >= 11 is 0. The predicted octanol–water partition coefficient (Wildman–Crippen LogP) is 2.57. The summed E-state index contributed by atoms with van der Waals surface area (Å²) in [6, 6.07) is 15.0. The number of amides is 2. The fraction of sp³-hybridized carbons (Fsp3) is 0. The number of carbonyl (C=O) groups excluding carboxylic acids is 2. The third kappa shape index (κ3) is 2.29. The van der Waals surface area contributed by atoms with E-state index in [4.69, 9.17) is 0 Å². The number of fused-ring (bicyclic) bond motifs is 1. The Hall–Kier alpha value is -3.74. The van der Waals surface area contributed by atoms with Gasteiger partial charge in [-0.25, -0.2) is 0 Å². The van der Waals surface area contributed by atoms with Crippen molar-refractivity contribution >= 4 is 39.7 Å². The maximum absolute atomic E-state index is 12.4. The minimum atomic E-state index is -0.571. The van der Waals surface area contributed by atoms with Crippen LogP contribution in [0.3, 0.4) is 0 Å². The first-order valence-electron chi connectivity index (χ1n) is 7.47. The summed E-state index contributed by atoms with van der Waals surface area (Å²) in [5, 5.41) is 14.2. The van der Waals surface area contributed by atoms with Crippen LogP contribution in [0.15, 0.2) is 60.8 Å². The minimum Gasteiger partial charge on any atom is -0.311 e. The first-order chi connectivity index (χ1) is 12.1. The quantitative estimate of drug-likeness (QED) is 0.453. The monoisotopic (exact) mass is 333 g/mol. The second-order valence-corrected chi connectivity index (χ2v) is 5.56. The molecule has 0 fully saturated rings. The van der Waals surface area contributed by atoms with Gasteiger partial charge >= 0.3 is 0 Å². The number of benzene rings is 2. The maximum atomic E-state index is 12.4. The van der Waals surface area contributed by atoms with E-state index >= 15 is 0 Å². The number of carbonyl (C=O) groups is 2. The van der Waals surface area contributed by atoms with Crippen LogP contribution in [0.2, 0.25) is 0 Å². The lowest BCUT2D eigenvalue weighted by Gasteiger charge is -2.07. The van der Waals surface area contributed by atoms with Gasteiger partial charge in [0, 0.05) is 18.3 Å². The van der Waals surface area contributed by atoms with Crippen LogP contribution < -0.4 is 5.32 Å². The lowest BCUT2D eigenvalue weighted by Crippen LogP contribution is -2.23. The van der Waals surface area contributed by atoms with E-state index in [2.05, 4.69) is 5.32 Å². The van der Waals surface area contributed by atoms with Gasteiger partial charge in [-0.1, -0.05) is 30.3 Å². The number of nitrogens with zero attached hydrogens (tertiary/aromatic N) is 2. The third-order valence-corrected chi connectivity index (χ3v) is 4.09. The van der Waals surface area contributed by atoms with E-state index in [9.17, 15) is 19.7 Å². The second-order valence-electron chi connectivity index (χ2n) is 5.56. The zero-order valence-corrected chi connectivity index (χ0v) is 12.8. The van der Waals surface area contributed by atoms with Crippen molar-refractivity contribution in [1.29, 1.82) is 0 Å². The van der Waals surface area contributed by atoms with Crippen LogP contribution in [0, 0.1) is 10.1 Å². The van der Waals surface area contributed by atoms with Crippen molar-refractivity contribution in [2.75, 3.05) is 0 Å². The number of aromatic nitrogens is 1. The number of nitro benzene ring substituents is 1. The molecule has 1 aromatic heterocycles. The molecule has 122 valence electrons. The summed E-state index contributed by atoms with van der Waals surface area (Å²) in [7, 11) is 0. The Bertz CT molecular complexity index is 1090. The summed E-state index contributed by atoms with van der Waals surface area (Å²) in [6.45, 7) is 0. The number of hydrogen-bond donors (Lipinski definition) is 1. The largest absolute Gasteiger partial charge is 0.311 e.